The zero-order chi connectivity index (χ0) is 20.0. The van der Waals surface area contributed by atoms with Crippen LogP contribution >= 0.6 is 0 Å². The number of hydrogen-bond donors (Lipinski definition) is 0. The van der Waals surface area contributed by atoms with Gasteiger partial charge in [-0.25, -0.2) is 0 Å². The lowest BCUT2D eigenvalue weighted by atomic mass is 9.79. The molecule has 0 unspecified atom stereocenters. The molecule has 0 heteroatoms. The Balaban J connectivity index is 2.30. The molecule has 0 amide bonds. The van der Waals surface area contributed by atoms with Gasteiger partial charge in [0, 0.05) is 10.9 Å². The van der Waals surface area contributed by atoms with Crippen LogP contribution in [-0.2, 0) is 10.8 Å². The number of rotatable bonds is 5. The van der Waals surface area contributed by atoms with Gasteiger partial charge in [0.1, 0.15) is 0 Å². The quantitative estimate of drug-likeness (QED) is 0.410. The van der Waals surface area contributed by atoms with Crippen LogP contribution in [0.3, 0.4) is 0 Å². The first-order valence-corrected chi connectivity index (χ1v) is 10.0. The van der Waals surface area contributed by atoms with Crippen LogP contribution in [0.1, 0.15) is 69.7 Å². The zero-order valence-electron chi connectivity index (χ0n) is 18.0. The molecule has 27 heavy (non-hydrogen) atoms. The van der Waals surface area contributed by atoms with E-state index in [4.69, 9.17) is 0 Å². The van der Waals surface area contributed by atoms with Crippen molar-refractivity contribution in [1.29, 1.82) is 0 Å². The van der Waals surface area contributed by atoms with Crippen molar-refractivity contribution in [3.05, 3.63) is 71.3 Å². The maximum absolute atomic E-state index is 3.93. The Morgan fingerprint density at radius 2 is 1.59 bits per heavy atom. The fourth-order valence-electron chi connectivity index (χ4n) is 3.96. The summed E-state index contributed by atoms with van der Waals surface area (Å²) in [7, 11) is 0. The van der Waals surface area contributed by atoms with Gasteiger partial charge in [0.2, 0.25) is 0 Å². The predicted octanol–water partition coefficient (Wildman–Crippen LogP) is 7.75. The molecule has 0 aromatic heterocycles. The molecule has 0 aliphatic rings. The molecule has 3 rings (SSSR count). The average Bonchev–Trinajstić information content (AvgIpc) is 2.65. The van der Waals surface area contributed by atoms with Crippen LogP contribution in [0.5, 0.6) is 0 Å². The predicted molar refractivity (Wildman–Crippen MR) is 120 cm³/mol. The fraction of sp³-hybridized carbons (Fsp3) is 0.407. The van der Waals surface area contributed by atoms with Crippen molar-refractivity contribution in [2.75, 3.05) is 0 Å². The summed E-state index contributed by atoms with van der Waals surface area (Å²) in [6, 6.07) is 16.3. The second-order valence-electron chi connectivity index (χ2n) is 9.22. The molecule has 0 spiro atoms. The summed E-state index contributed by atoms with van der Waals surface area (Å²) in [5, 5.41) is 5.20. The second kappa shape index (κ2) is 6.72. The lowest BCUT2D eigenvalue weighted by molar-refractivity contribution is 0.507. The normalized spacial score (nSPS) is 12.4. The summed E-state index contributed by atoms with van der Waals surface area (Å²) in [6.07, 6.45) is 4.08. The van der Waals surface area contributed by atoms with E-state index in [0.717, 1.165) is 12.8 Å². The Labute approximate surface area is 165 Å². The molecule has 0 atom stereocenters. The first kappa shape index (κ1) is 19.5. The molecule has 0 heterocycles. The third kappa shape index (κ3) is 3.25. The van der Waals surface area contributed by atoms with E-state index in [1.54, 1.807) is 0 Å². The van der Waals surface area contributed by atoms with Gasteiger partial charge in [0.15, 0.2) is 0 Å². The van der Waals surface area contributed by atoms with Gasteiger partial charge in [-0.05, 0) is 76.4 Å². The van der Waals surface area contributed by atoms with Crippen LogP contribution in [0, 0.1) is 26.0 Å². The van der Waals surface area contributed by atoms with Crippen molar-refractivity contribution in [1.82, 2.24) is 0 Å². The van der Waals surface area contributed by atoms with Gasteiger partial charge < -0.3 is 0 Å². The highest BCUT2D eigenvalue weighted by molar-refractivity contribution is 6.05. The molecule has 3 aromatic carbocycles. The summed E-state index contributed by atoms with van der Waals surface area (Å²) in [5.41, 5.74) is 5.48. The Bertz CT molecular complexity index is 1020. The van der Waals surface area contributed by atoms with Crippen LogP contribution in [0.25, 0.3) is 21.5 Å². The van der Waals surface area contributed by atoms with E-state index in [-0.39, 0.29) is 10.8 Å². The van der Waals surface area contributed by atoms with E-state index >= 15 is 0 Å². The molecule has 0 N–H and O–H groups in total. The summed E-state index contributed by atoms with van der Waals surface area (Å²) in [4.78, 5) is 0. The van der Waals surface area contributed by atoms with Gasteiger partial charge >= 0.3 is 0 Å². The Morgan fingerprint density at radius 1 is 0.889 bits per heavy atom. The molecule has 140 valence electrons. The van der Waals surface area contributed by atoms with Crippen molar-refractivity contribution in [3.63, 3.8) is 0 Å². The van der Waals surface area contributed by atoms with Crippen LogP contribution in [0.15, 0.2) is 36.9 Å². The summed E-state index contributed by atoms with van der Waals surface area (Å²) in [6.45, 7) is 19.8. The van der Waals surface area contributed by atoms with Crippen LogP contribution in [0.4, 0.5) is 0 Å². The Morgan fingerprint density at radius 3 is 2.22 bits per heavy atom. The van der Waals surface area contributed by atoms with Gasteiger partial charge in [0.25, 0.3) is 0 Å². The first-order valence-electron chi connectivity index (χ1n) is 10.0. The zero-order valence-corrected chi connectivity index (χ0v) is 18.0. The lowest BCUT2D eigenvalue weighted by Crippen LogP contribution is -2.16. The van der Waals surface area contributed by atoms with Crippen LogP contribution in [0.2, 0.25) is 0 Å². The maximum Gasteiger partial charge on any atom is 0.0359 e. The number of benzene rings is 2. The van der Waals surface area contributed by atoms with E-state index in [1.165, 1.54) is 43.8 Å². The molecule has 0 bridgehead atoms. The molecule has 0 nitrogen and oxygen atoms in total. The third-order valence-electron chi connectivity index (χ3n) is 6.54. The summed E-state index contributed by atoms with van der Waals surface area (Å²) < 4.78 is 0. The van der Waals surface area contributed by atoms with E-state index < -0.39 is 0 Å². The summed E-state index contributed by atoms with van der Waals surface area (Å²) in [5.74, 6) is 0. The SMILES string of the molecule is C=CCC(C)(C)c1ccc2c(C)c3cc(C(C)(C)CC)c#cc3c(C)c2c1. The van der Waals surface area contributed by atoms with E-state index in [9.17, 15) is 0 Å². The van der Waals surface area contributed by atoms with Gasteiger partial charge in [0.05, 0.1) is 0 Å². The van der Waals surface area contributed by atoms with Gasteiger partial charge in [-0.3, -0.25) is 0 Å². The number of hydrogen-bond acceptors (Lipinski definition) is 0. The number of allylic oxidation sites excluding steroid dienone is 1. The molecule has 3 aromatic rings. The van der Waals surface area contributed by atoms with Crippen molar-refractivity contribution >= 4 is 21.5 Å². The minimum atomic E-state index is 0.0933. The third-order valence-corrected chi connectivity index (χ3v) is 6.54. The number of aryl methyl sites for hydroxylation is 2. The Kier molecular flexibility index (Phi) is 4.85. The van der Waals surface area contributed by atoms with Crippen molar-refractivity contribution < 1.29 is 0 Å². The topological polar surface area (TPSA) is 0 Å². The van der Waals surface area contributed by atoms with Crippen molar-refractivity contribution in [2.24, 2.45) is 0 Å². The van der Waals surface area contributed by atoms with Crippen LogP contribution < -0.4 is 0 Å². The van der Waals surface area contributed by atoms with Crippen molar-refractivity contribution in [3.8, 4) is 0 Å². The highest BCUT2D eigenvalue weighted by Crippen LogP contribution is 2.37. The lowest BCUT2D eigenvalue weighted by Gasteiger charge is -2.25. The highest BCUT2D eigenvalue weighted by atomic mass is 14.3. The molecule has 0 radical (unpaired) electrons. The number of fused-ring (bicyclic) bond motifs is 2. The maximum atomic E-state index is 3.93. The fourth-order valence-corrected chi connectivity index (χ4v) is 3.96. The molecular formula is C27H32. The van der Waals surface area contributed by atoms with Gasteiger partial charge in [-0.15, -0.1) is 6.58 Å². The van der Waals surface area contributed by atoms with Gasteiger partial charge in [-0.1, -0.05) is 71.0 Å². The standard InChI is InChI=1S/C27H32/c1-9-15-27(7,8)21-12-14-23-18(3)24-16-20(26(5,6)10-2)11-13-22(24)19(4)25(23)17-21/h9,12,14,16-17H,1,10,15H2,2-8H3. The highest BCUT2D eigenvalue weighted by Gasteiger charge is 2.22. The monoisotopic (exact) mass is 356 g/mol. The average molecular weight is 357 g/mol. The first-order chi connectivity index (χ1) is 12.6. The minimum Gasteiger partial charge on any atom is -0.103 e. The smallest absolute Gasteiger partial charge is 0.0359 e. The summed E-state index contributed by atoms with van der Waals surface area (Å²) >= 11 is 0. The molecule has 0 aliphatic heterocycles. The van der Waals surface area contributed by atoms with E-state index in [2.05, 4.69) is 91.4 Å². The van der Waals surface area contributed by atoms with E-state index in [0.29, 0.717) is 0 Å². The molecular weight excluding hydrogens is 324 g/mol. The van der Waals surface area contributed by atoms with E-state index in [1.807, 2.05) is 6.08 Å². The second-order valence-corrected chi connectivity index (χ2v) is 9.22. The van der Waals surface area contributed by atoms with Crippen LogP contribution in [-0.4, -0.2) is 0 Å². The van der Waals surface area contributed by atoms with Crippen molar-refractivity contribution in [2.45, 2.75) is 72.1 Å². The largest absolute Gasteiger partial charge is 0.103 e. The molecule has 0 saturated heterocycles. The molecule has 0 fully saturated rings. The molecule has 0 saturated carbocycles. The van der Waals surface area contributed by atoms with Gasteiger partial charge in [-0.2, -0.15) is 0 Å². The molecule has 0 aliphatic carbocycles. The Hall–Kier alpha value is -2.26. The minimum absolute atomic E-state index is 0.0933.